The third kappa shape index (κ3) is 2.15. The Morgan fingerprint density at radius 3 is 2.82 bits per heavy atom. The maximum absolute atomic E-state index is 12.0. The van der Waals surface area contributed by atoms with Gasteiger partial charge in [-0.3, -0.25) is 4.79 Å². The normalized spacial score (nSPS) is 10.8. The minimum atomic E-state index is -0.0541. The first-order chi connectivity index (χ1) is 8.17. The number of aryl methyl sites for hydroxylation is 1. The van der Waals surface area contributed by atoms with Gasteiger partial charge in [-0.05, 0) is 18.6 Å². The Morgan fingerprint density at radius 1 is 1.41 bits per heavy atom. The summed E-state index contributed by atoms with van der Waals surface area (Å²) < 4.78 is 5.18. The van der Waals surface area contributed by atoms with Crippen LogP contribution < -0.4 is 10.2 Å². The van der Waals surface area contributed by atoms with Gasteiger partial charge in [-0.1, -0.05) is 24.9 Å². The van der Waals surface area contributed by atoms with Gasteiger partial charge in [0.1, 0.15) is 5.75 Å². The molecular formula is C13H14ClNO2. The Bertz CT molecular complexity index is 604. The van der Waals surface area contributed by atoms with E-state index in [-0.39, 0.29) is 5.43 Å². The van der Waals surface area contributed by atoms with Crippen LogP contribution in [0.4, 0.5) is 0 Å². The molecule has 17 heavy (non-hydrogen) atoms. The molecule has 1 aromatic carbocycles. The van der Waals surface area contributed by atoms with Crippen molar-refractivity contribution in [3.63, 3.8) is 0 Å². The van der Waals surface area contributed by atoms with E-state index in [1.807, 2.05) is 0 Å². The predicted molar refractivity (Wildman–Crippen MR) is 70.1 cm³/mol. The van der Waals surface area contributed by atoms with Crippen LogP contribution in [-0.4, -0.2) is 12.1 Å². The van der Waals surface area contributed by atoms with Gasteiger partial charge < -0.3 is 9.72 Å². The maximum Gasteiger partial charge on any atom is 0.193 e. The summed E-state index contributed by atoms with van der Waals surface area (Å²) in [6, 6.07) is 5.05. The number of nitrogens with one attached hydrogen (secondary N) is 1. The number of hydrogen-bond acceptors (Lipinski definition) is 2. The van der Waals surface area contributed by atoms with Crippen molar-refractivity contribution < 1.29 is 4.74 Å². The van der Waals surface area contributed by atoms with Gasteiger partial charge in [-0.2, -0.15) is 0 Å². The molecule has 3 nitrogen and oxygen atoms in total. The van der Waals surface area contributed by atoms with Gasteiger partial charge in [0.25, 0.3) is 0 Å². The van der Waals surface area contributed by atoms with Crippen molar-refractivity contribution in [2.75, 3.05) is 7.11 Å². The van der Waals surface area contributed by atoms with Gasteiger partial charge in [-0.25, -0.2) is 0 Å². The molecular weight excluding hydrogens is 238 g/mol. The quantitative estimate of drug-likeness (QED) is 0.911. The molecule has 0 aliphatic carbocycles. The number of aromatic nitrogens is 1. The standard InChI is InChI=1S/C13H14ClNO2/c1-3-4-8-7-10(16)12-11(17-2)6-5-9(14)13(12)15-8/h5-7H,3-4H2,1-2H3,(H,15,16). The number of rotatable bonds is 3. The highest BCUT2D eigenvalue weighted by Crippen LogP contribution is 2.27. The Balaban J connectivity index is 2.79. The summed E-state index contributed by atoms with van der Waals surface area (Å²) in [5, 5.41) is 1.05. The molecule has 0 aliphatic heterocycles. The molecule has 0 spiro atoms. The van der Waals surface area contributed by atoms with Crippen molar-refractivity contribution >= 4 is 22.5 Å². The van der Waals surface area contributed by atoms with Crippen LogP contribution in [0.25, 0.3) is 10.9 Å². The molecule has 2 rings (SSSR count). The smallest absolute Gasteiger partial charge is 0.193 e. The van der Waals surface area contributed by atoms with Crippen LogP contribution >= 0.6 is 11.6 Å². The molecule has 0 aliphatic rings. The summed E-state index contributed by atoms with van der Waals surface area (Å²) in [6.07, 6.45) is 1.81. The van der Waals surface area contributed by atoms with E-state index in [4.69, 9.17) is 16.3 Å². The maximum atomic E-state index is 12.0. The fourth-order valence-corrected chi connectivity index (χ4v) is 2.13. The van der Waals surface area contributed by atoms with E-state index in [9.17, 15) is 4.79 Å². The van der Waals surface area contributed by atoms with E-state index < -0.39 is 0 Å². The molecule has 0 bridgehead atoms. The fraction of sp³-hybridized carbons (Fsp3) is 0.308. The zero-order chi connectivity index (χ0) is 12.4. The number of fused-ring (bicyclic) bond motifs is 1. The number of methoxy groups -OCH3 is 1. The zero-order valence-electron chi connectivity index (χ0n) is 9.84. The van der Waals surface area contributed by atoms with Gasteiger partial charge in [0.15, 0.2) is 5.43 Å². The minimum Gasteiger partial charge on any atom is -0.496 e. The summed E-state index contributed by atoms with van der Waals surface area (Å²) in [7, 11) is 1.54. The Kier molecular flexibility index (Phi) is 3.38. The second-order valence-corrected chi connectivity index (χ2v) is 4.32. The van der Waals surface area contributed by atoms with Crippen LogP contribution in [0.15, 0.2) is 23.0 Å². The van der Waals surface area contributed by atoms with Gasteiger partial charge >= 0.3 is 0 Å². The lowest BCUT2D eigenvalue weighted by atomic mass is 10.1. The first kappa shape index (κ1) is 12.0. The number of pyridine rings is 1. The van der Waals surface area contributed by atoms with Gasteiger partial charge in [0.2, 0.25) is 0 Å². The summed E-state index contributed by atoms with van der Waals surface area (Å²) >= 11 is 6.10. The number of H-pyrrole nitrogens is 1. The SMILES string of the molecule is CCCc1cc(=O)c2c(OC)ccc(Cl)c2[nH]1. The largest absolute Gasteiger partial charge is 0.496 e. The highest BCUT2D eigenvalue weighted by atomic mass is 35.5. The van der Waals surface area contributed by atoms with Crippen molar-refractivity contribution in [1.29, 1.82) is 0 Å². The molecule has 0 atom stereocenters. The van der Waals surface area contributed by atoms with E-state index in [0.29, 0.717) is 21.7 Å². The van der Waals surface area contributed by atoms with E-state index in [1.165, 1.54) is 0 Å². The Labute approximate surface area is 104 Å². The average Bonchev–Trinajstić information content (AvgIpc) is 2.31. The minimum absolute atomic E-state index is 0.0541. The summed E-state index contributed by atoms with van der Waals surface area (Å²) in [5.74, 6) is 0.550. The Hall–Kier alpha value is -1.48. The highest BCUT2D eigenvalue weighted by molar-refractivity contribution is 6.35. The molecule has 0 amide bonds. The second-order valence-electron chi connectivity index (χ2n) is 3.91. The third-order valence-corrected chi connectivity index (χ3v) is 3.01. The van der Waals surface area contributed by atoms with Crippen molar-refractivity contribution in [3.05, 3.63) is 39.1 Å². The molecule has 1 heterocycles. The fourth-order valence-electron chi connectivity index (χ4n) is 1.93. The molecule has 2 aromatic rings. The van der Waals surface area contributed by atoms with Crippen molar-refractivity contribution in [1.82, 2.24) is 4.98 Å². The number of benzene rings is 1. The summed E-state index contributed by atoms with van der Waals surface area (Å²) in [4.78, 5) is 15.2. The monoisotopic (exact) mass is 251 g/mol. The van der Waals surface area contributed by atoms with Crippen molar-refractivity contribution in [3.8, 4) is 5.75 Å². The van der Waals surface area contributed by atoms with Crippen LogP contribution in [0.2, 0.25) is 5.02 Å². The van der Waals surface area contributed by atoms with Gasteiger partial charge in [0, 0.05) is 11.8 Å². The van der Waals surface area contributed by atoms with Crippen LogP contribution in [0.1, 0.15) is 19.0 Å². The van der Waals surface area contributed by atoms with Crippen LogP contribution in [0.5, 0.6) is 5.75 Å². The summed E-state index contributed by atoms with van der Waals surface area (Å²) in [6.45, 7) is 2.07. The lowest BCUT2D eigenvalue weighted by molar-refractivity contribution is 0.419. The summed E-state index contributed by atoms with van der Waals surface area (Å²) in [5.41, 5.74) is 1.50. The van der Waals surface area contributed by atoms with Crippen LogP contribution in [0, 0.1) is 0 Å². The molecule has 0 radical (unpaired) electrons. The number of aromatic amines is 1. The zero-order valence-corrected chi connectivity index (χ0v) is 10.6. The molecule has 4 heteroatoms. The van der Waals surface area contributed by atoms with Crippen LogP contribution in [-0.2, 0) is 6.42 Å². The van der Waals surface area contributed by atoms with Gasteiger partial charge in [0.05, 0.1) is 23.0 Å². The number of halogens is 1. The second kappa shape index (κ2) is 4.80. The molecule has 90 valence electrons. The van der Waals surface area contributed by atoms with E-state index in [0.717, 1.165) is 18.5 Å². The molecule has 0 unspecified atom stereocenters. The predicted octanol–water partition coefficient (Wildman–Crippen LogP) is 3.14. The van der Waals surface area contributed by atoms with Crippen molar-refractivity contribution in [2.45, 2.75) is 19.8 Å². The highest BCUT2D eigenvalue weighted by Gasteiger charge is 2.10. The number of hydrogen-bond donors (Lipinski definition) is 1. The first-order valence-electron chi connectivity index (χ1n) is 5.55. The number of ether oxygens (including phenoxy) is 1. The van der Waals surface area contributed by atoms with Gasteiger partial charge in [-0.15, -0.1) is 0 Å². The molecule has 0 fully saturated rings. The lowest BCUT2D eigenvalue weighted by Crippen LogP contribution is -2.07. The topological polar surface area (TPSA) is 42.1 Å². The molecule has 0 saturated heterocycles. The third-order valence-electron chi connectivity index (χ3n) is 2.69. The Morgan fingerprint density at radius 2 is 2.18 bits per heavy atom. The van der Waals surface area contributed by atoms with Crippen LogP contribution in [0.3, 0.4) is 0 Å². The average molecular weight is 252 g/mol. The lowest BCUT2D eigenvalue weighted by Gasteiger charge is -2.08. The molecule has 0 saturated carbocycles. The van der Waals surface area contributed by atoms with E-state index >= 15 is 0 Å². The van der Waals surface area contributed by atoms with E-state index in [1.54, 1.807) is 25.3 Å². The van der Waals surface area contributed by atoms with E-state index in [2.05, 4.69) is 11.9 Å². The van der Waals surface area contributed by atoms with Crippen molar-refractivity contribution in [2.24, 2.45) is 0 Å². The first-order valence-corrected chi connectivity index (χ1v) is 5.93. The molecule has 1 N–H and O–H groups in total. The molecule has 1 aromatic heterocycles.